The molecule has 2 N–H and O–H groups in total. The van der Waals surface area contributed by atoms with Crippen molar-refractivity contribution in [3.05, 3.63) is 36.2 Å². The van der Waals surface area contributed by atoms with Crippen LogP contribution in [0.3, 0.4) is 0 Å². The largest absolute Gasteiger partial charge is 0.488 e. The van der Waals surface area contributed by atoms with Crippen LogP contribution >= 0.6 is 0 Å². The lowest BCUT2D eigenvalue weighted by Crippen LogP contribution is -2.29. The fraction of sp³-hybridized carbons (Fsp3) is 0. The van der Waals surface area contributed by atoms with E-state index >= 15 is 0 Å². The van der Waals surface area contributed by atoms with Gasteiger partial charge in [0.1, 0.15) is 11.8 Å². The van der Waals surface area contributed by atoms with Gasteiger partial charge in [-0.1, -0.05) is 18.2 Å². The Morgan fingerprint density at radius 1 is 1.27 bits per heavy atom. The van der Waals surface area contributed by atoms with Gasteiger partial charge < -0.3 is 10.0 Å². The van der Waals surface area contributed by atoms with Gasteiger partial charge in [-0.25, -0.2) is 4.98 Å². The summed E-state index contributed by atoms with van der Waals surface area (Å²) in [6.45, 7) is 0. The summed E-state index contributed by atoms with van der Waals surface area (Å²) in [4.78, 5) is 3.91. The van der Waals surface area contributed by atoms with Gasteiger partial charge in [0.25, 0.3) is 0 Å². The van der Waals surface area contributed by atoms with Crippen LogP contribution in [0.25, 0.3) is 10.8 Å². The smallest absolute Gasteiger partial charge is 0.423 e. The van der Waals surface area contributed by atoms with Crippen LogP contribution in [0.5, 0.6) is 0 Å². The highest BCUT2D eigenvalue weighted by molar-refractivity contribution is 6.58. The van der Waals surface area contributed by atoms with Gasteiger partial charge in [-0.15, -0.1) is 0 Å². The molecule has 2 rings (SSSR count). The van der Waals surface area contributed by atoms with Crippen molar-refractivity contribution >= 4 is 23.4 Å². The number of hydrogen-bond donors (Lipinski definition) is 2. The lowest BCUT2D eigenvalue weighted by molar-refractivity contribution is 0.426. The second-order valence-corrected chi connectivity index (χ2v) is 3.13. The minimum absolute atomic E-state index is 0.339. The van der Waals surface area contributed by atoms with Gasteiger partial charge in [0.2, 0.25) is 0 Å². The Kier molecular flexibility index (Phi) is 2.38. The number of fused-ring (bicyclic) bond motifs is 1. The zero-order valence-corrected chi connectivity index (χ0v) is 7.75. The first-order chi connectivity index (χ1) is 7.22. The molecule has 2 aromatic rings. The molecule has 1 heterocycles. The standard InChI is InChI=1S/C10H7BN2O2/c12-6-10-9-2-1-8(11(14)15)5-7(9)3-4-13-10/h1-5,14-15H. The number of benzene rings is 1. The zero-order chi connectivity index (χ0) is 10.8. The van der Waals surface area contributed by atoms with Crippen molar-refractivity contribution in [2.75, 3.05) is 0 Å². The molecule has 0 radical (unpaired) electrons. The Bertz CT molecular complexity index is 549. The minimum Gasteiger partial charge on any atom is -0.423 e. The summed E-state index contributed by atoms with van der Waals surface area (Å²) in [7, 11) is -1.49. The number of nitrogens with zero attached hydrogens (tertiary/aromatic N) is 2. The monoisotopic (exact) mass is 198 g/mol. The number of rotatable bonds is 1. The summed E-state index contributed by atoms with van der Waals surface area (Å²) in [5.74, 6) is 0. The molecule has 0 aliphatic heterocycles. The molecule has 72 valence electrons. The average Bonchev–Trinajstić information content (AvgIpc) is 2.27. The summed E-state index contributed by atoms with van der Waals surface area (Å²) in [5.41, 5.74) is 0.740. The first-order valence-electron chi connectivity index (χ1n) is 4.37. The molecule has 0 unspecified atom stereocenters. The van der Waals surface area contributed by atoms with E-state index in [0.717, 1.165) is 5.39 Å². The maximum absolute atomic E-state index is 8.98. The molecule has 0 aliphatic carbocycles. The van der Waals surface area contributed by atoms with Crippen LogP contribution in [0.15, 0.2) is 30.5 Å². The van der Waals surface area contributed by atoms with Crippen molar-refractivity contribution in [2.45, 2.75) is 0 Å². The molecular formula is C10H7BN2O2. The minimum atomic E-state index is -1.49. The van der Waals surface area contributed by atoms with Crippen molar-refractivity contribution in [2.24, 2.45) is 0 Å². The molecular weight excluding hydrogens is 191 g/mol. The fourth-order valence-corrected chi connectivity index (χ4v) is 1.45. The first-order valence-corrected chi connectivity index (χ1v) is 4.37. The normalized spacial score (nSPS) is 9.93. The molecule has 0 atom stereocenters. The number of aromatic nitrogens is 1. The molecule has 1 aromatic heterocycles. The molecule has 5 heteroatoms. The lowest BCUT2D eigenvalue weighted by atomic mass is 9.79. The van der Waals surface area contributed by atoms with Gasteiger partial charge in [-0.05, 0) is 16.9 Å². The number of hydrogen-bond acceptors (Lipinski definition) is 4. The molecule has 0 amide bonds. The Hall–Kier alpha value is -1.90. The van der Waals surface area contributed by atoms with Crippen LogP contribution in [0.1, 0.15) is 5.69 Å². The summed E-state index contributed by atoms with van der Waals surface area (Å²) >= 11 is 0. The SMILES string of the molecule is N#Cc1nccc2cc(B(O)O)ccc12. The van der Waals surface area contributed by atoms with E-state index in [1.165, 1.54) is 6.20 Å². The highest BCUT2D eigenvalue weighted by atomic mass is 16.4. The van der Waals surface area contributed by atoms with E-state index in [0.29, 0.717) is 16.5 Å². The van der Waals surface area contributed by atoms with Crippen molar-refractivity contribution in [3.8, 4) is 6.07 Å². The van der Waals surface area contributed by atoms with E-state index in [1.807, 2.05) is 6.07 Å². The van der Waals surface area contributed by atoms with Crippen molar-refractivity contribution in [1.82, 2.24) is 4.98 Å². The third kappa shape index (κ3) is 1.68. The first kappa shape index (κ1) is 9.65. The molecule has 0 spiro atoms. The molecule has 15 heavy (non-hydrogen) atoms. The zero-order valence-electron chi connectivity index (χ0n) is 7.75. The summed E-state index contributed by atoms with van der Waals surface area (Å²) in [6.07, 6.45) is 1.52. The average molecular weight is 198 g/mol. The molecule has 0 aliphatic rings. The van der Waals surface area contributed by atoms with Gasteiger partial charge in [0.05, 0.1) is 0 Å². The van der Waals surface area contributed by atoms with Crippen molar-refractivity contribution in [1.29, 1.82) is 5.26 Å². The predicted octanol–water partition coefficient (Wildman–Crippen LogP) is -0.214. The molecule has 0 fully saturated rings. The fourth-order valence-electron chi connectivity index (χ4n) is 1.45. The topological polar surface area (TPSA) is 77.1 Å². The van der Waals surface area contributed by atoms with Crippen LogP contribution in [0, 0.1) is 11.3 Å². The Balaban J connectivity index is 2.70. The molecule has 0 saturated heterocycles. The second-order valence-electron chi connectivity index (χ2n) is 3.13. The van der Waals surface area contributed by atoms with E-state index in [-0.39, 0.29) is 0 Å². The van der Waals surface area contributed by atoms with Gasteiger partial charge in [0, 0.05) is 11.6 Å². The van der Waals surface area contributed by atoms with E-state index in [2.05, 4.69) is 4.98 Å². The van der Waals surface area contributed by atoms with Gasteiger partial charge in [-0.2, -0.15) is 5.26 Å². The highest BCUT2D eigenvalue weighted by Crippen LogP contribution is 2.14. The molecule has 0 bridgehead atoms. The number of pyridine rings is 1. The molecule has 1 aromatic carbocycles. The van der Waals surface area contributed by atoms with E-state index < -0.39 is 7.12 Å². The quantitative estimate of drug-likeness (QED) is 0.621. The van der Waals surface area contributed by atoms with Crippen LogP contribution in [-0.2, 0) is 0 Å². The summed E-state index contributed by atoms with van der Waals surface area (Å²) in [5, 5.41) is 28.3. The third-order valence-electron chi connectivity index (χ3n) is 2.19. The second kappa shape index (κ2) is 3.69. The van der Waals surface area contributed by atoms with Crippen LogP contribution in [-0.4, -0.2) is 22.2 Å². The maximum atomic E-state index is 8.98. The van der Waals surface area contributed by atoms with Gasteiger partial charge in [-0.3, -0.25) is 0 Å². The Labute approximate surface area is 86.6 Å². The predicted molar refractivity (Wildman–Crippen MR) is 56.3 cm³/mol. The van der Waals surface area contributed by atoms with Crippen LogP contribution in [0.4, 0.5) is 0 Å². The third-order valence-corrected chi connectivity index (χ3v) is 2.19. The van der Waals surface area contributed by atoms with E-state index in [9.17, 15) is 0 Å². The number of nitriles is 1. The van der Waals surface area contributed by atoms with Gasteiger partial charge in [0.15, 0.2) is 0 Å². The van der Waals surface area contributed by atoms with E-state index in [1.54, 1.807) is 24.3 Å². The summed E-state index contributed by atoms with van der Waals surface area (Å²) in [6, 6.07) is 8.56. The molecule has 0 saturated carbocycles. The van der Waals surface area contributed by atoms with Crippen molar-refractivity contribution in [3.63, 3.8) is 0 Å². The van der Waals surface area contributed by atoms with Crippen LogP contribution in [0.2, 0.25) is 0 Å². The summed E-state index contributed by atoms with van der Waals surface area (Å²) < 4.78 is 0. The van der Waals surface area contributed by atoms with Crippen LogP contribution < -0.4 is 5.46 Å². The van der Waals surface area contributed by atoms with E-state index in [4.69, 9.17) is 15.3 Å². The Morgan fingerprint density at radius 2 is 2.07 bits per heavy atom. The molecule has 4 nitrogen and oxygen atoms in total. The lowest BCUT2D eigenvalue weighted by Gasteiger charge is -2.02. The highest BCUT2D eigenvalue weighted by Gasteiger charge is 2.11. The maximum Gasteiger partial charge on any atom is 0.488 e. The van der Waals surface area contributed by atoms with Crippen molar-refractivity contribution < 1.29 is 10.0 Å². The van der Waals surface area contributed by atoms with Gasteiger partial charge >= 0.3 is 7.12 Å². The Morgan fingerprint density at radius 3 is 2.73 bits per heavy atom.